The minimum atomic E-state index is -0.328. The Morgan fingerprint density at radius 2 is 2.00 bits per heavy atom. The van der Waals surface area contributed by atoms with Gasteiger partial charge in [-0.1, -0.05) is 13.0 Å². The van der Waals surface area contributed by atoms with Crippen molar-refractivity contribution in [2.45, 2.75) is 19.4 Å². The fourth-order valence-electron chi connectivity index (χ4n) is 2.21. The first-order valence-electron chi connectivity index (χ1n) is 8.26. The van der Waals surface area contributed by atoms with Crippen LogP contribution in [-0.2, 0) is 0 Å². The summed E-state index contributed by atoms with van der Waals surface area (Å²) < 4.78 is 18.5. The van der Waals surface area contributed by atoms with Crippen molar-refractivity contribution in [3.8, 4) is 5.75 Å². The van der Waals surface area contributed by atoms with Crippen LogP contribution in [0.25, 0.3) is 0 Å². The Bertz CT molecular complexity index is 673. The van der Waals surface area contributed by atoms with Crippen molar-refractivity contribution in [2.24, 2.45) is 0 Å². The largest absolute Gasteiger partial charge is 0.492 e. The Labute approximate surface area is 146 Å². The molecule has 0 heterocycles. The quantitative estimate of drug-likeness (QED) is 0.611. The molecule has 1 atom stereocenters. The zero-order valence-electron chi connectivity index (χ0n) is 14.2. The molecule has 1 amide bonds. The van der Waals surface area contributed by atoms with Crippen LogP contribution in [0.5, 0.6) is 5.75 Å². The number of halogens is 1. The molecule has 0 saturated heterocycles. The monoisotopic (exact) mass is 346 g/mol. The maximum Gasteiger partial charge on any atom is 0.251 e. The molecule has 2 rings (SSSR count). The summed E-state index contributed by atoms with van der Waals surface area (Å²) in [6, 6.07) is 12.8. The lowest BCUT2D eigenvalue weighted by Gasteiger charge is -2.14. The summed E-state index contributed by atoms with van der Waals surface area (Å²) in [5.41, 5.74) is 1.39. The minimum Gasteiger partial charge on any atom is -0.492 e. The highest BCUT2D eigenvalue weighted by Gasteiger charge is 2.10. The number of amides is 1. The first-order chi connectivity index (χ1) is 12.1. The van der Waals surface area contributed by atoms with Gasteiger partial charge in [-0.3, -0.25) is 4.79 Å². The van der Waals surface area contributed by atoms with E-state index in [1.165, 1.54) is 12.1 Å². The van der Waals surface area contributed by atoms with Gasteiger partial charge in [-0.25, -0.2) is 4.39 Å². The van der Waals surface area contributed by atoms with Gasteiger partial charge in [0.15, 0.2) is 0 Å². The van der Waals surface area contributed by atoms with Gasteiger partial charge in [-0.05, 0) is 42.8 Å². The Balaban J connectivity index is 1.77. The van der Waals surface area contributed by atoms with Gasteiger partial charge in [0.2, 0.25) is 0 Å². The van der Waals surface area contributed by atoms with Crippen molar-refractivity contribution < 1.29 is 19.0 Å². The Morgan fingerprint density at radius 3 is 2.64 bits per heavy atom. The molecule has 6 heteroatoms. The van der Waals surface area contributed by atoms with Gasteiger partial charge in [0.1, 0.15) is 18.2 Å². The molecule has 5 nitrogen and oxygen atoms in total. The van der Waals surface area contributed by atoms with Gasteiger partial charge in [0, 0.05) is 23.9 Å². The van der Waals surface area contributed by atoms with Gasteiger partial charge >= 0.3 is 0 Å². The molecule has 0 spiro atoms. The van der Waals surface area contributed by atoms with Crippen LogP contribution in [-0.4, -0.2) is 36.8 Å². The van der Waals surface area contributed by atoms with Crippen molar-refractivity contribution in [2.75, 3.05) is 25.1 Å². The van der Waals surface area contributed by atoms with E-state index in [0.29, 0.717) is 30.9 Å². The highest BCUT2D eigenvalue weighted by atomic mass is 19.1. The molecule has 0 fully saturated rings. The van der Waals surface area contributed by atoms with Gasteiger partial charge in [-0.15, -0.1) is 0 Å². The van der Waals surface area contributed by atoms with Crippen LogP contribution >= 0.6 is 0 Å². The predicted molar refractivity (Wildman–Crippen MR) is 95.5 cm³/mol. The van der Waals surface area contributed by atoms with Crippen molar-refractivity contribution in [1.82, 2.24) is 5.32 Å². The van der Waals surface area contributed by atoms with Crippen LogP contribution < -0.4 is 15.4 Å². The van der Waals surface area contributed by atoms with E-state index in [4.69, 9.17) is 9.84 Å². The van der Waals surface area contributed by atoms with Gasteiger partial charge < -0.3 is 20.5 Å². The van der Waals surface area contributed by atoms with Crippen molar-refractivity contribution >= 4 is 11.6 Å². The highest BCUT2D eigenvalue weighted by molar-refractivity contribution is 5.94. The summed E-state index contributed by atoms with van der Waals surface area (Å²) in [5, 5.41) is 15.1. The molecule has 25 heavy (non-hydrogen) atoms. The van der Waals surface area contributed by atoms with E-state index < -0.39 is 0 Å². The molecule has 1 unspecified atom stereocenters. The first-order valence-corrected chi connectivity index (χ1v) is 8.26. The third-order valence-electron chi connectivity index (χ3n) is 3.69. The number of aliphatic hydroxyl groups excluding tert-OH is 1. The fourth-order valence-corrected chi connectivity index (χ4v) is 2.21. The molecule has 0 aliphatic rings. The van der Waals surface area contributed by atoms with Crippen LogP contribution in [0.3, 0.4) is 0 Å². The molecular weight excluding hydrogens is 323 g/mol. The minimum absolute atomic E-state index is 0.0762. The third kappa shape index (κ3) is 6.08. The Morgan fingerprint density at radius 1 is 1.24 bits per heavy atom. The molecular formula is C19H23FN2O3. The van der Waals surface area contributed by atoms with Crippen LogP contribution in [0, 0.1) is 5.82 Å². The second kappa shape index (κ2) is 9.64. The number of ether oxygens (including phenoxy) is 1. The molecule has 2 aromatic carbocycles. The van der Waals surface area contributed by atoms with Crippen molar-refractivity contribution in [3.63, 3.8) is 0 Å². The average Bonchev–Trinajstić information content (AvgIpc) is 2.63. The van der Waals surface area contributed by atoms with E-state index in [-0.39, 0.29) is 24.4 Å². The number of carbonyl (C=O) groups excluding carboxylic acids is 1. The number of rotatable bonds is 9. The lowest BCUT2D eigenvalue weighted by atomic mass is 10.1. The van der Waals surface area contributed by atoms with E-state index >= 15 is 0 Å². The van der Waals surface area contributed by atoms with E-state index in [2.05, 4.69) is 10.6 Å². The van der Waals surface area contributed by atoms with Crippen LogP contribution in [0.4, 0.5) is 10.1 Å². The topological polar surface area (TPSA) is 70.6 Å². The number of hydrogen-bond acceptors (Lipinski definition) is 4. The summed E-state index contributed by atoms with van der Waals surface area (Å²) in [4.78, 5) is 12.0. The molecule has 3 N–H and O–H groups in total. The Hall–Kier alpha value is -2.60. The standard InChI is InChI=1S/C19H23FN2O3/c1-2-16(13-23)22-19(24)14-6-8-17(9-7-14)21-10-11-25-18-5-3-4-15(20)12-18/h3-9,12,16,21,23H,2,10-11,13H2,1H3,(H,22,24). The number of anilines is 1. The zero-order valence-corrected chi connectivity index (χ0v) is 14.2. The summed E-state index contributed by atoms with van der Waals surface area (Å²) in [5.74, 6) is -0.0455. The molecule has 0 aliphatic heterocycles. The Kier molecular flexibility index (Phi) is 7.22. The lowest BCUT2D eigenvalue weighted by Crippen LogP contribution is -2.36. The normalized spacial score (nSPS) is 11.6. The molecule has 134 valence electrons. The fraction of sp³-hybridized carbons (Fsp3) is 0.316. The molecule has 0 aromatic heterocycles. The van der Waals surface area contributed by atoms with E-state index in [1.807, 2.05) is 6.92 Å². The first kappa shape index (κ1) is 18.7. The molecule has 0 aliphatic carbocycles. The van der Waals surface area contributed by atoms with Crippen molar-refractivity contribution in [1.29, 1.82) is 0 Å². The lowest BCUT2D eigenvalue weighted by molar-refractivity contribution is 0.0915. The van der Waals surface area contributed by atoms with Gasteiger partial charge in [0.25, 0.3) is 5.91 Å². The van der Waals surface area contributed by atoms with E-state index in [9.17, 15) is 9.18 Å². The summed E-state index contributed by atoms with van der Waals surface area (Å²) >= 11 is 0. The predicted octanol–water partition coefficient (Wildman–Crippen LogP) is 2.82. The molecule has 0 saturated carbocycles. The number of benzene rings is 2. The maximum absolute atomic E-state index is 13.0. The second-order valence-corrected chi connectivity index (χ2v) is 5.57. The van der Waals surface area contributed by atoms with Crippen LogP contribution in [0.15, 0.2) is 48.5 Å². The van der Waals surface area contributed by atoms with Crippen LogP contribution in [0.2, 0.25) is 0 Å². The third-order valence-corrected chi connectivity index (χ3v) is 3.69. The maximum atomic E-state index is 13.0. The number of hydrogen-bond donors (Lipinski definition) is 3. The molecule has 2 aromatic rings. The number of carbonyl (C=O) groups is 1. The number of aliphatic hydroxyl groups is 1. The van der Waals surface area contributed by atoms with Gasteiger partial charge in [-0.2, -0.15) is 0 Å². The summed E-state index contributed by atoms with van der Waals surface area (Å²) in [6.45, 7) is 2.76. The van der Waals surface area contributed by atoms with Crippen molar-refractivity contribution in [3.05, 3.63) is 59.9 Å². The van der Waals surface area contributed by atoms with Crippen LogP contribution in [0.1, 0.15) is 23.7 Å². The zero-order chi connectivity index (χ0) is 18.1. The van der Waals surface area contributed by atoms with E-state index in [0.717, 1.165) is 5.69 Å². The summed E-state index contributed by atoms with van der Waals surface area (Å²) in [7, 11) is 0. The highest BCUT2D eigenvalue weighted by Crippen LogP contribution is 2.12. The molecule has 0 radical (unpaired) electrons. The average molecular weight is 346 g/mol. The summed E-state index contributed by atoms with van der Waals surface area (Å²) in [6.07, 6.45) is 0.674. The number of nitrogens with one attached hydrogen (secondary N) is 2. The van der Waals surface area contributed by atoms with E-state index in [1.54, 1.807) is 36.4 Å². The second-order valence-electron chi connectivity index (χ2n) is 5.57. The SMILES string of the molecule is CCC(CO)NC(=O)c1ccc(NCCOc2cccc(F)c2)cc1. The smallest absolute Gasteiger partial charge is 0.251 e. The van der Waals surface area contributed by atoms with Gasteiger partial charge in [0.05, 0.1) is 12.6 Å². The molecule has 0 bridgehead atoms.